The van der Waals surface area contributed by atoms with Crippen LogP contribution in [0.1, 0.15) is 28.6 Å². The molecule has 0 radical (unpaired) electrons. The van der Waals surface area contributed by atoms with Crippen LogP contribution in [0.4, 0.5) is 0 Å². The quantitative estimate of drug-likeness (QED) is 0.939. The molecule has 1 aromatic carbocycles. The second-order valence-electron chi connectivity index (χ2n) is 4.17. The number of rotatable bonds is 3. The van der Waals surface area contributed by atoms with Crippen molar-refractivity contribution in [1.29, 1.82) is 0 Å². The van der Waals surface area contributed by atoms with Crippen molar-refractivity contribution in [3.63, 3.8) is 0 Å². The van der Waals surface area contributed by atoms with Gasteiger partial charge in [0.1, 0.15) is 11.9 Å². The number of hydrogen-bond donors (Lipinski definition) is 1. The molecule has 0 saturated carbocycles. The van der Waals surface area contributed by atoms with E-state index < -0.39 is 6.10 Å². The Kier molecular flexibility index (Phi) is 3.78. The van der Waals surface area contributed by atoms with Crippen LogP contribution < -0.4 is 4.74 Å². The van der Waals surface area contributed by atoms with E-state index in [2.05, 4.69) is 15.9 Å². The Bertz CT molecular complexity index is 560. The van der Waals surface area contributed by atoms with Crippen LogP contribution in [0.15, 0.2) is 33.4 Å². The third-order valence-electron chi connectivity index (χ3n) is 3.10. The molecule has 1 atom stereocenters. The summed E-state index contributed by atoms with van der Waals surface area (Å²) in [5, 5.41) is 10.4. The first-order valence-electron chi connectivity index (χ1n) is 5.61. The lowest BCUT2D eigenvalue weighted by Crippen LogP contribution is -2.04. The molecule has 0 bridgehead atoms. The van der Waals surface area contributed by atoms with Gasteiger partial charge in [-0.2, -0.15) is 0 Å². The van der Waals surface area contributed by atoms with Crippen LogP contribution in [0.5, 0.6) is 5.75 Å². The number of aryl methyl sites for hydroxylation is 1. The van der Waals surface area contributed by atoms with Gasteiger partial charge in [-0.25, -0.2) is 0 Å². The molecule has 4 heteroatoms. The zero-order valence-corrected chi connectivity index (χ0v) is 12.1. The van der Waals surface area contributed by atoms with Crippen molar-refractivity contribution in [3.05, 3.63) is 51.4 Å². The van der Waals surface area contributed by atoms with E-state index in [1.54, 1.807) is 13.2 Å². The third kappa shape index (κ3) is 2.18. The Morgan fingerprint density at radius 1 is 1.28 bits per heavy atom. The smallest absolute Gasteiger partial charge is 0.151 e. The van der Waals surface area contributed by atoms with Gasteiger partial charge in [-0.05, 0) is 47.0 Å². The highest BCUT2D eigenvalue weighted by Gasteiger charge is 2.22. The zero-order valence-electron chi connectivity index (χ0n) is 10.5. The van der Waals surface area contributed by atoms with Gasteiger partial charge in [-0.3, -0.25) is 0 Å². The summed E-state index contributed by atoms with van der Waals surface area (Å²) < 4.78 is 11.4. The van der Waals surface area contributed by atoms with E-state index >= 15 is 0 Å². The highest BCUT2D eigenvalue weighted by Crippen LogP contribution is 2.36. The van der Waals surface area contributed by atoms with Gasteiger partial charge in [0, 0.05) is 5.56 Å². The summed E-state index contributed by atoms with van der Waals surface area (Å²) >= 11 is 3.35. The molecule has 2 rings (SSSR count). The molecule has 0 fully saturated rings. The highest BCUT2D eigenvalue weighted by molar-refractivity contribution is 9.10. The van der Waals surface area contributed by atoms with Gasteiger partial charge < -0.3 is 14.3 Å². The summed E-state index contributed by atoms with van der Waals surface area (Å²) in [6.45, 7) is 3.98. The lowest BCUT2D eigenvalue weighted by atomic mass is 9.99. The number of halogens is 1. The fourth-order valence-electron chi connectivity index (χ4n) is 1.94. The molecule has 0 aliphatic carbocycles. The summed E-state index contributed by atoms with van der Waals surface area (Å²) in [5.74, 6) is 1.18. The number of hydrogen-bond acceptors (Lipinski definition) is 3. The summed E-state index contributed by atoms with van der Waals surface area (Å²) in [4.78, 5) is 0. The van der Waals surface area contributed by atoms with Crippen LogP contribution in [0.25, 0.3) is 0 Å². The molecule has 1 unspecified atom stereocenters. The minimum Gasteiger partial charge on any atom is -0.496 e. The number of methoxy groups -OCH3 is 1. The van der Waals surface area contributed by atoms with Crippen LogP contribution in [0.3, 0.4) is 0 Å². The fraction of sp³-hybridized carbons (Fsp3) is 0.286. The van der Waals surface area contributed by atoms with Crippen molar-refractivity contribution in [1.82, 2.24) is 0 Å². The van der Waals surface area contributed by atoms with Crippen molar-refractivity contribution >= 4 is 15.9 Å². The number of furan rings is 1. The average molecular weight is 311 g/mol. The van der Waals surface area contributed by atoms with Crippen LogP contribution >= 0.6 is 15.9 Å². The van der Waals surface area contributed by atoms with E-state index in [1.165, 1.54) is 6.26 Å². The van der Waals surface area contributed by atoms with Gasteiger partial charge in [-0.1, -0.05) is 12.1 Å². The van der Waals surface area contributed by atoms with Crippen LogP contribution in [0, 0.1) is 13.8 Å². The summed E-state index contributed by atoms with van der Waals surface area (Å²) in [7, 11) is 1.61. The van der Waals surface area contributed by atoms with Gasteiger partial charge in [0.05, 0.1) is 17.8 Å². The molecule has 0 saturated heterocycles. The van der Waals surface area contributed by atoms with E-state index in [0.29, 0.717) is 17.1 Å². The predicted octanol–water partition coefficient (Wildman–Crippen LogP) is 3.75. The van der Waals surface area contributed by atoms with Crippen molar-refractivity contribution in [3.8, 4) is 5.75 Å². The largest absolute Gasteiger partial charge is 0.496 e. The maximum absolute atomic E-state index is 10.4. The molecule has 0 aliphatic heterocycles. The van der Waals surface area contributed by atoms with Gasteiger partial charge in [-0.15, -0.1) is 0 Å². The highest BCUT2D eigenvalue weighted by atomic mass is 79.9. The first-order valence-corrected chi connectivity index (χ1v) is 6.40. The topological polar surface area (TPSA) is 42.6 Å². The molecule has 1 N–H and O–H groups in total. The minimum absolute atomic E-state index is 0.483. The molecule has 96 valence electrons. The minimum atomic E-state index is -0.844. The lowest BCUT2D eigenvalue weighted by molar-refractivity contribution is 0.183. The molecule has 0 spiro atoms. The van der Waals surface area contributed by atoms with E-state index in [4.69, 9.17) is 9.15 Å². The number of aliphatic hydroxyl groups is 1. The van der Waals surface area contributed by atoms with Crippen LogP contribution in [0.2, 0.25) is 0 Å². The molecular weight excluding hydrogens is 296 g/mol. The third-order valence-corrected chi connectivity index (χ3v) is 3.75. The lowest BCUT2D eigenvalue weighted by Gasteiger charge is -2.17. The first kappa shape index (κ1) is 13.2. The van der Waals surface area contributed by atoms with E-state index in [-0.39, 0.29) is 0 Å². The maximum Gasteiger partial charge on any atom is 0.151 e. The molecular formula is C14H15BrO3. The molecule has 0 amide bonds. The Morgan fingerprint density at radius 2 is 2.00 bits per heavy atom. The number of aliphatic hydroxyl groups excluding tert-OH is 1. The summed E-state index contributed by atoms with van der Waals surface area (Å²) in [5.41, 5.74) is 2.86. The summed E-state index contributed by atoms with van der Waals surface area (Å²) in [6.07, 6.45) is 0.694. The Hall–Kier alpha value is -1.26. The van der Waals surface area contributed by atoms with Crippen molar-refractivity contribution < 1.29 is 14.3 Å². The molecule has 1 heterocycles. The zero-order chi connectivity index (χ0) is 13.3. The predicted molar refractivity (Wildman–Crippen MR) is 72.9 cm³/mol. The Labute approximate surface area is 115 Å². The number of benzene rings is 1. The van der Waals surface area contributed by atoms with Gasteiger partial charge in [0.25, 0.3) is 0 Å². The first-order chi connectivity index (χ1) is 8.56. The van der Waals surface area contributed by atoms with Crippen molar-refractivity contribution in [2.45, 2.75) is 20.0 Å². The van der Waals surface area contributed by atoms with Crippen LogP contribution in [-0.4, -0.2) is 12.2 Å². The average Bonchev–Trinajstić information content (AvgIpc) is 2.78. The maximum atomic E-state index is 10.4. The summed E-state index contributed by atoms with van der Waals surface area (Å²) in [6, 6.07) is 5.58. The van der Waals surface area contributed by atoms with Crippen LogP contribution in [-0.2, 0) is 0 Å². The SMILES string of the molecule is COc1c(C(O)c2occc2Br)ccc(C)c1C. The van der Waals surface area contributed by atoms with Gasteiger partial charge in [0.15, 0.2) is 5.76 Å². The molecule has 3 nitrogen and oxygen atoms in total. The van der Waals surface area contributed by atoms with Crippen molar-refractivity contribution in [2.24, 2.45) is 0 Å². The molecule has 0 aliphatic rings. The Morgan fingerprint density at radius 3 is 2.56 bits per heavy atom. The second-order valence-corrected chi connectivity index (χ2v) is 5.02. The van der Waals surface area contributed by atoms with E-state index in [1.807, 2.05) is 26.0 Å². The van der Waals surface area contributed by atoms with Gasteiger partial charge >= 0.3 is 0 Å². The van der Waals surface area contributed by atoms with E-state index in [0.717, 1.165) is 15.6 Å². The molecule has 2 aromatic rings. The normalized spacial score (nSPS) is 12.5. The number of ether oxygens (including phenoxy) is 1. The molecule has 18 heavy (non-hydrogen) atoms. The van der Waals surface area contributed by atoms with E-state index in [9.17, 15) is 5.11 Å². The Balaban J connectivity index is 2.52. The monoisotopic (exact) mass is 310 g/mol. The molecule has 1 aromatic heterocycles. The van der Waals surface area contributed by atoms with Crippen molar-refractivity contribution in [2.75, 3.05) is 7.11 Å². The second kappa shape index (κ2) is 5.16. The van der Waals surface area contributed by atoms with Gasteiger partial charge in [0.2, 0.25) is 0 Å². The fourth-order valence-corrected chi connectivity index (χ4v) is 2.36. The standard InChI is InChI=1S/C14H15BrO3/c1-8-4-5-10(13(17-3)9(8)2)12(16)14-11(15)6-7-18-14/h4-7,12,16H,1-3H3.